The monoisotopic (exact) mass is 298 g/mol. The number of rotatable bonds is 4. The van der Waals surface area contributed by atoms with Gasteiger partial charge in [-0.25, -0.2) is 4.79 Å². The average molecular weight is 299 g/mol. The molecule has 20 heavy (non-hydrogen) atoms. The molecule has 0 spiro atoms. The van der Waals surface area contributed by atoms with Crippen LogP contribution < -0.4 is 0 Å². The molecule has 0 aliphatic carbocycles. The van der Waals surface area contributed by atoms with Crippen LogP contribution in [-0.4, -0.2) is 39.0 Å². The number of carbonyl (C=O) groups is 2. The second-order valence-corrected chi connectivity index (χ2v) is 5.52. The highest BCUT2D eigenvalue weighted by Crippen LogP contribution is 2.22. The number of amides is 1. The summed E-state index contributed by atoms with van der Waals surface area (Å²) < 4.78 is 1.80. The van der Waals surface area contributed by atoms with E-state index in [1.165, 1.54) is 4.90 Å². The number of aliphatic carboxylic acids is 1. The van der Waals surface area contributed by atoms with Gasteiger partial charge >= 0.3 is 5.97 Å². The van der Waals surface area contributed by atoms with Gasteiger partial charge in [-0.1, -0.05) is 18.5 Å². The van der Waals surface area contributed by atoms with E-state index in [1.54, 1.807) is 16.8 Å². The van der Waals surface area contributed by atoms with Crippen LogP contribution >= 0.6 is 11.6 Å². The first-order valence-corrected chi connectivity index (χ1v) is 7.31. The zero-order chi connectivity index (χ0) is 14.7. The summed E-state index contributed by atoms with van der Waals surface area (Å²) in [5, 5.41) is 9.76. The lowest BCUT2D eigenvalue weighted by Gasteiger charge is -2.33. The fourth-order valence-electron chi connectivity index (χ4n) is 2.66. The minimum absolute atomic E-state index is 0.238. The van der Waals surface area contributed by atoms with Gasteiger partial charge in [-0.05, 0) is 31.7 Å². The second-order valence-electron chi connectivity index (χ2n) is 5.09. The Morgan fingerprint density at radius 3 is 2.85 bits per heavy atom. The fourth-order valence-corrected chi connectivity index (χ4v) is 2.88. The summed E-state index contributed by atoms with van der Waals surface area (Å²) in [5.41, 5.74) is 0.477. The maximum atomic E-state index is 12.6. The molecule has 0 bridgehead atoms. The first kappa shape index (κ1) is 14.9. The maximum absolute atomic E-state index is 12.6. The molecule has 1 amide bonds. The van der Waals surface area contributed by atoms with E-state index >= 15 is 0 Å². The topological polar surface area (TPSA) is 62.5 Å². The summed E-state index contributed by atoms with van der Waals surface area (Å²) in [6.07, 6.45) is 4.81. The summed E-state index contributed by atoms with van der Waals surface area (Å²) in [4.78, 5) is 25.4. The van der Waals surface area contributed by atoms with Gasteiger partial charge in [0.1, 0.15) is 11.7 Å². The van der Waals surface area contributed by atoms with Gasteiger partial charge in [0.05, 0.1) is 5.02 Å². The highest BCUT2D eigenvalue weighted by Gasteiger charge is 2.33. The number of piperidine rings is 1. The van der Waals surface area contributed by atoms with Gasteiger partial charge in [0.25, 0.3) is 5.91 Å². The van der Waals surface area contributed by atoms with E-state index in [9.17, 15) is 14.7 Å². The Morgan fingerprint density at radius 2 is 2.20 bits per heavy atom. The third-order valence-electron chi connectivity index (χ3n) is 3.60. The third kappa shape index (κ3) is 2.98. The number of carboxylic acid groups (broad SMARTS) is 1. The lowest BCUT2D eigenvalue weighted by molar-refractivity contribution is -0.143. The van der Waals surface area contributed by atoms with Gasteiger partial charge in [-0.2, -0.15) is 0 Å². The molecule has 0 radical (unpaired) electrons. The van der Waals surface area contributed by atoms with Crippen molar-refractivity contribution in [3.8, 4) is 0 Å². The number of likely N-dealkylation sites (tertiary alicyclic amines) is 1. The number of nitrogens with zero attached hydrogens (tertiary/aromatic N) is 2. The smallest absolute Gasteiger partial charge is 0.326 e. The summed E-state index contributed by atoms with van der Waals surface area (Å²) in [6, 6.07) is 0.896. The average Bonchev–Trinajstić information content (AvgIpc) is 2.79. The van der Waals surface area contributed by atoms with Crippen LogP contribution in [0.25, 0.3) is 0 Å². The molecule has 5 nitrogen and oxygen atoms in total. The Kier molecular flexibility index (Phi) is 4.70. The van der Waals surface area contributed by atoms with Crippen LogP contribution in [0.15, 0.2) is 12.3 Å². The van der Waals surface area contributed by atoms with Crippen LogP contribution in [0.4, 0.5) is 0 Å². The van der Waals surface area contributed by atoms with Crippen molar-refractivity contribution < 1.29 is 14.7 Å². The zero-order valence-electron chi connectivity index (χ0n) is 11.5. The lowest BCUT2D eigenvalue weighted by Crippen LogP contribution is -2.48. The van der Waals surface area contributed by atoms with Crippen LogP contribution in [0.1, 0.15) is 43.1 Å². The molecule has 0 unspecified atom stereocenters. The molecule has 1 saturated heterocycles. The van der Waals surface area contributed by atoms with Crippen LogP contribution in [-0.2, 0) is 11.3 Å². The third-order valence-corrected chi connectivity index (χ3v) is 3.80. The minimum Gasteiger partial charge on any atom is -0.480 e. The van der Waals surface area contributed by atoms with Crippen LogP contribution in [0.2, 0.25) is 5.02 Å². The van der Waals surface area contributed by atoms with Gasteiger partial charge in [0.2, 0.25) is 0 Å². The lowest BCUT2D eigenvalue weighted by atomic mass is 10.0. The van der Waals surface area contributed by atoms with Gasteiger partial charge in [0.15, 0.2) is 0 Å². The summed E-state index contributed by atoms with van der Waals surface area (Å²) in [7, 11) is 0. The molecule has 110 valence electrons. The predicted octanol–water partition coefficient (Wildman–Crippen LogP) is 2.63. The molecular formula is C14H19ClN2O3. The van der Waals surface area contributed by atoms with Crippen molar-refractivity contribution in [3.05, 3.63) is 23.0 Å². The molecule has 1 atom stereocenters. The molecule has 1 fully saturated rings. The summed E-state index contributed by atoms with van der Waals surface area (Å²) >= 11 is 5.98. The molecule has 0 saturated carbocycles. The van der Waals surface area contributed by atoms with E-state index in [4.69, 9.17) is 11.6 Å². The minimum atomic E-state index is -0.933. The van der Waals surface area contributed by atoms with Crippen LogP contribution in [0.5, 0.6) is 0 Å². The molecule has 1 aliphatic rings. The van der Waals surface area contributed by atoms with Crippen molar-refractivity contribution >= 4 is 23.5 Å². The number of carbonyl (C=O) groups excluding carboxylic acids is 1. The van der Waals surface area contributed by atoms with E-state index < -0.39 is 12.0 Å². The molecule has 1 aromatic heterocycles. The molecule has 2 heterocycles. The Bertz CT molecular complexity index is 513. The SMILES string of the molecule is CCCn1cc(Cl)cc1C(=O)N1CCCC[C@@H]1C(=O)O. The van der Waals surface area contributed by atoms with E-state index in [2.05, 4.69) is 0 Å². The Labute approximate surface area is 123 Å². The van der Waals surface area contributed by atoms with Crippen molar-refractivity contribution in [3.63, 3.8) is 0 Å². The predicted molar refractivity (Wildman–Crippen MR) is 76.0 cm³/mol. The molecule has 6 heteroatoms. The van der Waals surface area contributed by atoms with Crippen molar-refractivity contribution in [1.82, 2.24) is 9.47 Å². The van der Waals surface area contributed by atoms with Crippen molar-refractivity contribution in [2.24, 2.45) is 0 Å². The van der Waals surface area contributed by atoms with E-state index in [0.29, 0.717) is 30.2 Å². The van der Waals surface area contributed by atoms with Crippen LogP contribution in [0, 0.1) is 0 Å². The van der Waals surface area contributed by atoms with Crippen LogP contribution in [0.3, 0.4) is 0 Å². The molecule has 1 aromatic rings. The molecule has 1 aliphatic heterocycles. The first-order chi connectivity index (χ1) is 9.54. The number of aromatic nitrogens is 1. The molecule has 2 rings (SSSR count). The second kappa shape index (κ2) is 6.31. The summed E-state index contributed by atoms with van der Waals surface area (Å²) in [6.45, 7) is 3.20. The fraction of sp³-hybridized carbons (Fsp3) is 0.571. The van der Waals surface area contributed by atoms with Gasteiger partial charge in [-0.15, -0.1) is 0 Å². The standard InChI is InChI=1S/C14H19ClN2O3/c1-2-6-16-9-10(15)8-12(16)13(18)17-7-4-3-5-11(17)14(19)20/h8-9,11H,2-7H2,1H3,(H,19,20)/t11-/m1/s1. The zero-order valence-corrected chi connectivity index (χ0v) is 12.3. The Balaban J connectivity index is 2.27. The quantitative estimate of drug-likeness (QED) is 0.929. The van der Waals surface area contributed by atoms with Crippen molar-refractivity contribution in [2.45, 2.75) is 45.2 Å². The summed E-state index contributed by atoms with van der Waals surface area (Å²) in [5.74, 6) is -1.17. The number of halogens is 1. The normalized spacial score (nSPS) is 19.1. The number of aryl methyl sites for hydroxylation is 1. The molecule has 0 aromatic carbocycles. The maximum Gasteiger partial charge on any atom is 0.326 e. The molecule has 1 N–H and O–H groups in total. The Morgan fingerprint density at radius 1 is 1.45 bits per heavy atom. The van der Waals surface area contributed by atoms with E-state index in [1.807, 2.05) is 6.92 Å². The highest BCUT2D eigenvalue weighted by molar-refractivity contribution is 6.31. The number of hydrogen-bond acceptors (Lipinski definition) is 2. The van der Waals surface area contributed by atoms with Gasteiger partial charge in [-0.3, -0.25) is 4.79 Å². The first-order valence-electron chi connectivity index (χ1n) is 6.94. The van der Waals surface area contributed by atoms with Gasteiger partial charge < -0.3 is 14.6 Å². The van der Waals surface area contributed by atoms with Crippen molar-refractivity contribution in [1.29, 1.82) is 0 Å². The van der Waals surface area contributed by atoms with Crippen molar-refractivity contribution in [2.75, 3.05) is 6.54 Å². The van der Waals surface area contributed by atoms with E-state index in [-0.39, 0.29) is 5.91 Å². The number of carboxylic acids is 1. The molecular weight excluding hydrogens is 280 g/mol. The highest BCUT2D eigenvalue weighted by atomic mass is 35.5. The number of hydrogen-bond donors (Lipinski definition) is 1. The largest absolute Gasteiger partial charge is 0.480 e. The van der Waals surface area contributed by atoms with E-state index in [0.717, 1.165) is 19.3 Å². The van der Waals surface area contributed by atoms with Gasteiger partial charge in [0, 0.05) is 19.3 Å². The Hall–Kier alpha value is -1.49.